The second kappa shape index (κ2) is 6.41. The maximum Gasteiger partial charge on any atom is 0.0342 e. The average molecular weight is 218 g/mol. The zero-order chi connectivity index (χ0) is 11.1. The fourth-order valence-electron chi connectivity index (χ4n) is 1.35. The predicted octanol–water partition coefficient (Wildman–Crippen LogP) is 5.00. The van der Waals surface area contributed by atoms with E-state index in [-0.39, 0.29) is 0 Å². The molecule has 0 saturated carbocycles. The summed E-state index contributed by atoms with van der Waals surface area (Å²) in [6, 6.07) is 13.1. The number of hydrogen-bond acceptors (Lipinski definition) is 1. The molecule has 0 aliphatic carbocycles. The first-order chi connectivity index (χ1) is 7.40. The van der Waals surface area contributed by atoms with Gasteiger partial charge in [0, 0.05) is 4.88 Å². The van der Waals surface area contributed by atoms with Crippen LogP contribution in [0, 0.1) is 0 Å². The van der Waals surface area contributed by atoms with Crippen molar-refractivity contribution in [2.24, 2.45) is 0 Å². The van der Waals surface area contributed by atoms with Crippen molar-refractivity contribution in [3.05, 3.63) is 47.3 Å². The lowest BCUT2D eigenvalue weighted by molar-refractivity contribution is 1.14. The zero-order valence-corrected chi connectivity index (χ0v) is 10.5. The molecule has 15 heavy (non-hydrogen) atoms. The molecule has 2 rings (SSSR count). The zero-order valence-electron chi connectivity index (χ0n) is 9.66. The number of aryl methyl sites for hydroxylation is 1. The highest BCUT2D eigenvalue weighted by Gasteiger charge is 1.96. The van der Waals surface area contributed by atoms with Gasteiger partial charge in [-0.1, -0.05) is 51.1 Å². The molecule has 0 bridgehead atoms. The van der Waals surface area contributed by atoms with Crippen molar-refractivity contribution in [3.63, 3.8) is 0 Å². The second-order valence-electron chi connectivity index (χ2n) is 3.03. The summed E-state index contributed by atoms with van der Waals surface area (Å²) in [7, 11) is 0. The molecule has 0 radical (unpaired) electrons. The van der Waals surface area contributed by atoms with Crippen molar-refractivity contribution in [3.8, 4) is 10.4 Å². The van der Waals surface area contributed by atoms with Crippen molar-refractivity contribution in [1.29, 1.82) is 0 Å². The van der Waals surface area contributed by atoms with Gasteiger partial charge in [-0.3, -0.25) is 0 Å². The van der Waals surface area contributed by atoms with E-state index in [4.69, 9.17) is 0 Å². The van der Waals surface area contributed by atoms with E-state index in [9.17, 15) is 0 Å². The SMILES string of the molecule is CC.CCc1ccc(-c2cccs2)cc1. The third kappa shape index (κ3) is 3.21. The average Bonchev–Trinajstić information content (AvgIpc) is 2.85. The van der Waals surface area contributed by atoms with Gasteiger partial charge in [-0.25, -0.2) is 0 Å². The molecule has 0 nitrogen and oxygen atoms in total. The number of thiophene rings is 1. The largest absolute Gasteiger partial charge is 0.144 e. The van der Waals surface area contributed by atoms with E-state index in [1.54, 1.807) is 11.3 Å². The van der Waals surface area contributed by atoms with Crippen molar-refractivity contribution in [2.45, 2.75) is 27.2 Å². The fourth-order valence-corrected chi connectivity index (χ4v) is 2.08. The lowest BCUT2D eigenvalue weighted by atomic mass is 10.1. The van der Waals surface area contributed by atoms with Crippen LogP contribution in [0.3, 0.4) is 0 Å². The summed E-state index contributed by atoms with van der Waals surface area (Å²) >= 11 is 1.79. The summed E-state index contributed by atoms with van der Waals surface area (Å²) in [5, 5.41) is 2.11. The van der Waals surface area contributed by atoms with Crippen molar-refractivity contribution >= 4 is 11.3 Å². The number of hydrogen-bond donors (Lipinski definition) is 0. The molecule has 0 unspecified atom stereocenters. The van der Waals surface area contributed by atoms with Crippen LogP contribution in [0.15, 0.2) is 41.8 Å². The van der Waals surface area contributed by atoms with Gasteiger partial charge in [0.15, 0.2) is 0 Å². The van der Waals surface area contributed by atoms with Gasteiger partial charge in [-0.05, 0) is 29.0 Å². The van der Waals surface area contributed by atoms with Crippen LogP contribution in [0.4, 0.5) is 0 Å². The Kier molecular flexibility index (Phi) is 5.13. The third-order valence-electron chi connectivity index (χ3n) is 2.17. The normalized spacial score (nSPS) is 9.27. The third-order valence-corrected chi connectivity index (χ3v) is 3.09. The molecular weight excluding hydrogens is 200 g/mol. The lowest BCUT2D eigenvalue weighted by Crippen LogP contribution is -1.78. The Morgan fingerprint density at radius 3 is 2.13 bits per heavy atom. The van der Waals surface area contributed by atoms with Crippen LogP contribution in [0.5, 0.6) is 0 Å². The van der Waals surface area contributed by atoms with Gasteiger partial charge in [-0.15, -0.1) is 11.3 Å². The molecule has 0 saturated heterocycles. The van der Waals surface area contributed by atoms with Crippen molar-refractivity contribution in [1.82, 2.24) is 0 Å². The molecule has 0 fully saturated rings. The van der Waals surface area contributed by atoms with Crippen molar-refractivity contribution in [2.75, 3.05) is 0 Å². The molecule has 1 heterocycles. The van der Waals surface area contributed by atoms with Crippen LogP contribution in [0.25, 0.3) is 10.4 Å². The molecule has 0 atom stereocenters. The Morgan fingerprint density at radius 1 is 1.00 bits per heavy atom. The highest BCUT2D eigenvalue weighted by molar-refractivity contribution is 7.13. The monoisotopic (exact) mass is 218 g/mol. The maximum atomic E-state index is 2.20. The Hall–Kier alpha value is -1.08. The molecule has 80 valence electrons. The van der Waals surface area contributed by atoms with Gasteiger partial charge in [0.1, 0.15) is 0 Å². The van der Waals surface area contributed by atoms with Gasteiger partial charge < -0.3 is 0 Å². The van der Waals surface area contributed by atoms with E-state index in [0.29, 0.717) is 0 Å². The summed E-state index contributed by atoms with van der Waals surface area (Å²) in [6.45, 7) is 6.18. The molecular formula is C14H18S. The van der Waals surface area contributed by atoms with E-state index >= 15 is 0 Å². The topological polar surface area (TPSA) is 0 Å². The quantitative estimate of drug-likeness (QED) is 0.665. The minimum atomic E-state index is 1.12. The minimum absolute atomic E-state index is 1.12. The van der Waals surface area contributed by atoms with Crippen LogP contribution < -0.4 is 0 Å². The second-order valence-corrected chi connectivity index (χ2v) is 3.98. The lowest BCUT2D eigenvalue weighted by Gasteiger charge is -1.99. The molecule has 0 N–H and O–H groups in total. The first-order valence-corrected chi connectivity index (χ1v) is 6.41. The van der Waals surface area contributed by atoms with E-state index in [1.165, 1.54) is 16.0 Å². The molecule has 1 aromatic carbocycles. The highest BCUT2D eigenvalue weighted by atomic mass is 32.1. The van der Waals surface area contributed by atoms with E-state index in [1.807, 2.05) is 13.8 Å². The van der Waals surface area contributed by atoms with Crippen molar-refractivity contribution < 1.29 is 0 Å². The smallest absolute Gasteiger partial charge is 0.0342 e. The van der Waals surface area contributed by atoms with E-state index in [2.05, 4.69) is 48.7 Å². The Labute approximate surface area is 96.6 Å². The van der Waals surface area contributed by atoms with Gasteiger partial charge in [0.05, 0.1) is 0 Å². The van der Waals surface area contributed by atoms with Gasteiger partial charge in [0.2, 0.25) is 0 Å². The van der Waals surface area contributed by atoms with Crippen LogP contribution in [0.2, 0.25) is 0 Å². The van der Waals surface area contributed by atoms with Gasteiger partial charge in [0.25, 0.3) is 0 Å². The minimum Gasteiger partial charge on any atom is -0.144 e. The van der Waals surface area contributed by atoms with Crippen LogP contribution in [0.1, 0.15) is 26.3 Å². The maximum absolute atomic E-state index is 2.20. The summed E-state index contributed by atoms with van der Waals surface area (Å²) in [6.07, 6.45) is 1.12. The number of rotatable bonds is 2. The van der Waals surface area contributed by atoms with Gasteiger partial charge in [-0.2, -0.15) is 0 Å². The molecule has 0 aliphatic heterocycles. The predicted molar refractivity (Wildman–Crippen MR) is 70.5 cm³/mol. The van der Waals surface area contributed by atoms with E-state index < -0.39 is 0 Å². The Bertz CT molecular complexity index is 357. The summed E-state index contributed by atoms with van der Waals surface area (Å²) in [5.41, 5.74) is 2.73. The van der Waals surface area contributed by atoms with Crippen LogP contribution in [-0.4, -0.2) is 0 Å². The molecule has 0 aliphatic rings. The first kappa shape index (κ1) is 12.0. The fraction of sp³-hybridized carbons (Fsp3) is 0.286. The highest BCUT2D eigenvalue weighted by Crippen LogP contribution is 2.24. The Morgan fingerprint density at radius 2 is 1.67 bits per heavy atom. The molecule has 1 heteroatoms. The molecule has 1 aromatic heterocycles. The van der Waals surface area contributed by atoms with Crippen LogP contribution in [-0.2, 0) is 6.42 Å². The molecule has 0 amide bonds. The first-order valence-electron chi connectivity index (χ1n) is 5.53. The van der Waals surface area contributed by atoms with E-state index in [0.717, 1.165) is 6.42 Å². The Balaban J connectivity index is 0.000000531. The summed E-state index contributed by atoms with van der Waals surface area (Å²) in [4.78, 5) is 1.35. The van der Waals surface area contributed by atoms with Crippen LogP contribution >= 0.6 is 11.3 Å². The standard InChI is InChI=1S/C12H12S.C2H6/c1-2-10-5-7-11(8-6-10)12-4-3-9-13-12;1-2/h3-9H,2H2,1H3;1-2H3. The molecule has 2 aromatic rings. The summed E-state index contributed by atoms with van der Waals surface area (Å²) < 4.78 is 0. The molecule has 0 spiro atoms. The summed E-state index contributed by atoms with van der Waals surface area (Å²) in [5.74, 6) is 0. The number of benzene rings is 1. The van der Waals surface area contributed by atoms with Gasteiger partial charge >= 0.3 is 0 Å².